The molecule has 0 saturated heterocycles. The van der Waals surface area contributed by atoms with Crippen LogP contribution in [0.5, 0.6) is 0 Å². The fraction of sp³-hybridized carbons (Fsp3) is 0.889. The van der Waals surface area contributed by atoms with Crippen LogP contribution in [0.3, 0.4) is 0 Å². The Morgan fingerprint density at radius 2 is 0.794 bits per heavy atom. The average molecular weight is 493 g/mol. The normalized spacial score (nSPS) is 9.71. The third-order valence-electron chi connectivity index (χ3n) is 4.09. The lowest BCUT2D eigenvalue weighted by Gasteiger charge is -2.31. The lowest BCUT2D eigenvalue weighted by atomic mass is 9.92. The summed E-state index contributed by atoms with van der Waals surface area (Å²) in [5.41, 5.74) is -0.911. The Bertz CT molecular complexity index is 393. The second kappa shape index (κ2) is 31.4. The number of esters is 3. The number of carbonyl (C=O) groups excluding carboxylic acids is 3. The van der Waals surface area contributed by atoms with Crippen LogP contribution in [0.25, 0.3) is 0 Å². The Kier molecular flexibility index (Phi) is 36.5. The molecule has 0 spiro atoms. The summed E-state index contributed by atoms with van der Waals surface area (Å²) < 4.78 is 21.5. The smallest absolute Gasteiger partial charge is 0.305 e. The minimum Gasteiger partial charge on any atom is -0.465 e. The first-order valence-electron chi connectivity index (χ1n) is 13.4. The van der Waals surface area contributed by atoms with Gasteiger partial charge in [-0.1, -0.05) is 75.2 Å². The molecule has 0 aromatic rings. The van der Waals surface area contributed by atoms with E-state index >= 15 is 0 Å². The van der Waals surface area contributed by atoms with Crippen LogP contribution < -0.4 is 0 Å². The zero-order valence-electron chi connectivity index (χ0n) is 24.1. The topological polar surface area (TPSA) is 88.1 Å². The van der Waals surface area contributed by atoms with E-state index in [2.05, 4.69) is 13.8 Å². The molecule has 0 aliphatic carbocycles. The van der Waals surface area contributed by atoms with Crippen molar-refractivity contribution < 1.29 is 33.3 Å². The minimum atomic E-state index is -0.911. The predicted molar refractivity (Wildman–Crippen MR) is 140 cm³/mol. The molecule has 206 valence electrons. The van der Waals surface area contributed by atoms with Gasteiger partial charge in [0, 0.05) is 25.9 Å². The van der Waals surface area contributed by atoms with Crippen molar-refractivity contribution in [3.8, 4) is 0 Å². The summed E-state index contributed by atoms with van der Waals surface area (Å²) in [6, 6.07) is 0. The highest BCUT2D eigenvalue weighted by Crippen LogP contribution is 2.22. The summed E-state index contributed by atoms with van der Waals surface area (Å²) in [5, 5.41) is 0. The van der Waals surface area contributed by atoms with Crippen LogP contribution in [0.4, 0.5) is 0 Å². The van der Waals surface area contributed by atoms with Gasteiger partial charge in [0.15, 0.2) is 0 Å². The van der Waals surface area contributed by atoms with Crippen molar-refractivity contribution in [3.05, 3.63) is 0 Å². The van der Waals surface area contributed by atoms with Crippen molar-refractivity contribution >= 4 is 17.9 Å². The van der Waals surface area contributed by atoms with E-state index < -0.39 is 5.41 Å². The first-order chi connectivity index (χ1) is 16.3. The maximum atomic E-state index is 11.8. The van der Waals surface area contributed by atoms with Crippen LogP contribution in [0, 0.1) is 5.41 Å². The van der Waals surface area contributed by atoms with Crippen LogP contribution >= 0.6 is 0 Å². The molecule has 7 nitrogen and oxygen atoms in total. The molecule has 0 aliphatic heterocycles. The molecule has 7 heteroatoms. The third kappa shape index (κ3) is 26.6. The Labute approximate surface area is 210 Å². The van der Waals surface area contributed by atoms with E-state index in [4.69, 9.17) is 18.9 Å². The SMILES string of the molecule is CC.CC.CCCC.CCCC(=O)OCC(COCC)(COC(=O)CCC)COC(=O)CCC. The third-order valence-corrected chi connectivity index (χ3v) is 4.09. The molecular formula is C27H56O7. The van der Waals surface area contributed by atoms with E-state index in [9.17, 15) is 14.4 Å². The van der Waals surface area contributed by atoms with Crippen LogP contribution in [0.1, 0.15) is 121 Å². The van der Waals surface area contributed by atoms with Gasteiger partial charge in [0.25, 0.3) is 0 Å². The van der Waals surface area contributed by atoms with Gasteiger partial charge in [0.05, 0.1) is 12.0 Å². The van der Waals surface area contributed by atoms with E-state index in [-0.39, 0.29) is 44.3 Å². The molecule has 0 aromatic heterocycles. The van der Waals surface area contributed by atoms with Crippen molar-refractivity contribution in [2.45, 2.75) is 121 Å². The van der Waals surface area contributed by atoms with Crippen molar-refractivity contribution in [1.82, 2.24) is 0 Å². The van der Waals surface area contributed by atoms with Crippen LogP contribution in [-0.2, 0) is 33.3 Å². The molecule has 0 unspecified atom stereocenters. The van der Waals surface area contributed by atoms with Crippen molar-refractivity contribution in [2.24, 2.45) is 5.41 Å². The van der Waals surface area contributed by atoms with E-state index in [0.29, 0.717) is 45.1 Å². The second-order valence-corrected chi connectivity index (χ2v) is 7.37. The van der Waals surface area contributed by atoms with Gasteiger partial charge in [0.1, 0.15) is 19.8 Å². The molecule has 0 aliphatic rings. The van der Waals surface area contributed by atoms with Crippen molar-refractivity contribution in [3.63, 3.8) is 0 Å². The first kappa shape index (κ1) is 39.6. The standard InChI is InChI=1S/C19H34O7.C4H10.2C2H6/c1-5-9-16(20)24-13-19(12-23-8-4,14-25-17(21)10-6-2)15-26-18(22)11-7-3;1-3-4-2;2*1-2/h5-15H2,1-4H3;3-4H2,1-2H3;2*1-2H3. The molecule has 0 amide bonds. The number of ether oxygens (including phenoxy) is 4. The maximum Gasteiger partial charge on any atom is 0.305 e. The second-order valence-electron chi connectivity index (χ2n) is 7.37. The van der Waals surface area contributed by atoms with Gasteiger partial charge in [-0.2, -0.15) is 0 Å². The van der Waals surface area contributed by atoms with Gasteiger partial charge in [-0.25, -0.2) is 0 Å². The number of unbranched alkanes of at least 4 members (excludes halogenated alkanes) is 1. The molecule has 34 heavy (non-hydrogen) atoms. The Balaban J connectivity index is -0.000000493. The Hall–Kier alpha value is -1.63. The van der Waals surface area contributed by atoms with E-state index in [1.165, 1.54) is 12.8 Å². The Morgan fingerprint density at radius 3 is 1.00 bits per heavy atom. The van der Waals surface area contributed by atoms with Gasteiger partial charge in [-0.3, -0.25) is 14.4 Å². The summed E-state index contributed by atoms with van der Waals surface area (Å²) in [5.74, 6) is -1.02. The van der Waals surface area contributed by atoms with Crippen LogP contribution in [0.2, 0.25) is 0 Å². The summed E-state index contributed by atoms with van der Waals surface area (Å²) in [6.07, 6.45) is 5.57. The van der Waals surface area contributed by atoms with Crippen LogP contribution in [-0.4, -0.2) is 50.9 Å². The first-order valence-corrected chi connectivity index (χ1v) is 13.4. The van der Waals surface area contributed by atoms with Gasteiger partial charge < -0.3 is 18.9 Å². The lowest BCUT2D eigenvalue weighted by Crippen LogP contribution is -2.43. The fourth-order valence-corrected chi connectivity index (χ4v) is 2.10. The maximum absolute atomic E-state index is 11.8. The van der Waals surface area contributed by atoms with E-state index in [0.717, 1.165) is 0 Å². The quantitative estimate of drug-likeness (QED) is 0.171. The number of hydrogen-bond acceptors (Lipinski definition) is 7. The molecular weight excluding hydrogens is 436 g/mol. The highest BCUT2D eigenvalue weighted by molar-refractivity contribution is 5.70. The Morgan fingerprint density at radius 1 is 0.500 bits per heavy atom. The van der Waals surface area contributed by atoms with Crippen LogP contribution in [0.15, 0.2) is 0 Å². The monoisotopic (exact) mass is 492 g/mol. The molecule has 0 N–H and O–H groups in total. The zero-order chi connectivity index (χ0) is 27.3. The number of hydrogen-bond donors (Lipinski definition) is 0. The number of rotatable bonds is 16. The van der Waals surface area contributed by atoms with Gasteiger partial charge >= 0.3 is 17.9 Å². The molecule has 0 heterocycles. The van der Waals surface area contributed by atoms with E-state index in [1.54, 1.807) is 0 Å². The highest BCUT2D eigenvalue weighted by Gasteiger charge is 2.36. The summed E-state index contributed by atoms with van der Waals surface area (Å²) in [4.78, 5) is 35.3. The summed E-state index contributed by atoms with van der Waals surface area (Å²) in [7, 11) is 0. The van der Waals surface area contributed by atoms with Crippen molar-refractivity contribution in [1.29, 1.82) is 0 Å². The number of carbonyl (C=O) groups is 3. The predicted octanol–water partition coefficient (Wildman–Crippen LogP) is 6.90. The van der Waals surface area contributed by atoms with Crippen molar-refractivity contribution in [2.75, 3.05) is 33.0 Å². The molecule has 0 aromatic carbocycles. The van der Waals surface area contributed by atoms with E-state index in [1.807, 2.05) is 55.4 Å². The summed E-state index contributed by atoms with van der Waals surface area (Å²) in [6.45, 7) is 20.3. The summed E-state index contributed by atoms with van der Waals surface area (Å²) >= 11 is 0. The highest BCUT2D eigenvalue weighted by atomic mass is 16.6. The molecule has 0 rings (SSSR count). The fourth-order valence-electron chi connectivity index (χ4n) is 2.10. The average Bonchev–Trinajstić information content (AvgIpc) is 2.86. The van der Waals surface area contributed by atoms with Gasteiger partial charge in [-0.05, 0) is 26.2 Å². The lowest BCUT2D eigenvalue weighted by molar-refractivity contribution is -0.167. The molecule has 0 fully saturated rings. The van der Waals surface area contributed by atoms with Gasteiger partial charge in [-0.15, -0.1) is 0 Å². The molecule has 0 radical (unpaired) electrons. The van der Waals surface area contributed by atoms with Gasteiger partial charge in [0.2, 0.25) is 0 Å². The molecule has 0 atom stereocenters. The zero-order valence-corrected chi connectivity index (χ0v) is 24.1. The molecule has 0 saturated carbocycles. The minimum absolute atomic E-state index is 0.0371. The largest absolute Gasteiger partial charge is 0.465 e. The molecule has 0 bridgehead atoms.